The second-order valence-corrected chi connectivity index (χ2v) is 4.04. The zero-order valence-electron chi connectivity index (χ0n) is 10.5. The Labute approximate surface area is 110 Å². The molecule has 0 aliphatic carbocycles. The number of ether oxygens (including phenoxy) is 1. The number of benzene rings is 1. The van der Waals surface area contributed by atoms with Crippen LogP contribution >= 0.6 is 0 Å². The van der Waals surface area contributed by atoms with Crippen molar-refractivity contribution in [1.29, 1.82) is 0 Å². The summed E-state index contributed by atoms with van der Waals surface area (Å²) in [6.45, 7) is -0.356. The lowest BCUT2D eigenvalue weighted by atomic mass is 10.1. The first-order valence-corrected chi connectivity index (χ1v) is 6.02. The van der Waals surface area contributed by atoms with E-state index in [1.165, 1.54) is 0 Å². The summed E-state index contributed by atoms with van der Waals surface area (Å²) in [5.74, 6) is -0.263. The highest BCUT2D eigenvalue weighted by Crippen LogP contribution is 2.07. The third-order valence-electron chi connectivity index (χ3n) is 2.46. The lowest BCUT2D eigenvalue weighted by Crippen LogP contribution is -2.32. The van der Waals surface area contributed by atoms with Crippen molar-refractivity contribution in [2.75, 3.05) is 19.8 Å². The van der Waals surface area contributed by atoms with Crippen LogP contribution in [0.15, 0.2) is 30.3 Å². The minimum absolute atomic E-state index is 0.0171. The highest BCUT2D eigenvalue weighted by Gasteiger charge is 2.08. The van der Waals surface area contributed by atoms with Crippen LogP contribution in [-0.2, 0) is 9.53 Å². The van der Waals surface area contributed by atoms with Crippen LogP contribution in [0.1, 0.15) is 18.0 Å². The molecule has 0 heterocycles. The lowest BCUT2D eigenvalue weighted by molar-refractivity contribution is -0.122. The third-order valence-corrected chi connectivity index (χ3v) is 2.46. The number of carbonyl (C=O) groups excluding carboxylic acids is 1. The number of hydrogen-bond acceptors (Lipinski definition) is 3. The molecular weight excluding hydrogens is 254 g/mol. The monoisotopic (exact) mass is 272 g/mol. The summed E-state index contributed by atoms with van der Waals surface area (Å²) in [5, 5.41) is 2.64. The molecule has 1 rings (SSSR count). The molecule has 0 aromatic heterocycles. The Balaban J connectivity index is 2.16. The van der Waals surface area contributed by atoms with E-state index in [9.17, 15) is 13.6 Å². The number of alkyl halides is 2. The molecule has 1 atom stereocenters. The van der Waals surface area contributed by atoms with Gasteiger partial charge < -0.3 is 15.8 Å². The topological polar surface area (TPSA) is 64.3 Å². The summed E-state index contributed by atoms with van der Waals surface area (Å²) in [6, 6.07) is 9.09. The number of amides is 1. The zero-order valence-corrected chi connectivity index (χ0v) is 10.5. The first-order valence-electron chi connectivity index (χ1n) is 6.02. The minimum Gasteiger partial charge on any atom is -0.375 e. The average Bonchev–Trinajstić information content (AvgIpc) is 2.41. The molecule has 1 aromatic carbocycles. The summed E-state index contributed by atoms with van der Waals surface area (Å²) in [6.07, 6.45) is -2.46. The maximum Gasteiger partial charge on any atom is 0.261 e. The summed E-state index contributed by atoms with van der Waals surface area (Å²) in [4.78, 5) is 11.4. The Hall–Kier alpha value is -1.53. The average molecular weight is 272 g/mol. The molecule has 0 bridgehead atoms. The molecule has 0 saturated carbocycles. The van der Waals surface area contributed by atoms with E-state index in [1.807, 2.05) is 30.3 Å². The Morgan fingerprint density at radius 1 is 1.32 bits per heavy atom. The van der Waals surface area contributed by atoms with E-state index in [-0.39, 0.29) is 25.0 Å². The van der Waals surface area contributed by atoms with Crippen molar-refractivity contribution in [2.24, 2.45) is 5.73 Å². The van der Waals surface area contributed by atoms with E-state index < -0.39 is 13.0 Å². The van der Waals surface area contributed by atoms with Crippen molar-refractivity contribution in [1.82, 2.24) is 5.32 Å². The van der Waals surface area contributed by atoms with Gasteiger partial charge in [-0.2, -0.15) is 0 Å². The Bertz CT molecular complexity index is 374. The van der Waals surface area contributed by atoms with Gasteiger partial charge in [-0.1, -0.05) is 30.3 Å². The fourth-order valence-corrected chi connectivity index (χ4v) is 1.47. The molecule has 1 amide bonds. The molecule has 1 unspecified atom stereocenters. The van der Waals surface area contributed by atoms with Crippen LogP contribution in [-0.4, -0.2) is 32.1 Å². The molecule has 6 heteroatoms. The normalized spacial score (nSPS) is 12.4. The fourth-order valence-electron chi connectivity index (χ4n) is 1.47. The van der Waals surface area contributed by atoms with Gasteiger partial charge in [-0.05, 0) is 5.56 Å². The van der Waals surface area contributed by atoms with Gasteiger partial charge in [-0.3, -0.25) is 4.79 Å². The van der Waals surface area contributed by atoms with Crippen molar-refractivity contribution in [3.8, 4) is 0 Å². The number of halogens is 2. The molecule has 0 spiro atoms. The molecule has 0 radical (unpaired) electrons. The van der Waals surface area contributed by atoms with Crippen LogP contribution in [0.4, 0.5) is 8.78 Å². The Kier molecular flexibility index (Phi) is 6.99. The number of hydrogen-bond donors (Lipinski definition) is 2. The first kappa shape index (κ1) is 15.5. The molecule has 4 nitrogen and oxygen atoms in total. The molecule has 1 aromatic rings. The van der Waals surface area contributed by atoms with Gasteiger partial charge in [0.1, 0.15) is 6.61 Å². The number of nitrogens with two attached hydrogens (primary N) is 1. The van der Waals surface area contributed by atoms with Crippen molar-refractivity contribution < 1.29 is 18.3 Å². The van der Waals surface area contributed by atoms with E-state index >= 15 is 0 Å². The van der Waals surface area contributed by atoms with Crippen LogP contribution in [0, 0.1) is 0 Å². The first-order chi connectivity index (χ1) is 9.09. The highest BCUT2D eigenvalue weighted by atomic mass is 19.3. The lowest BCUT2D eigenvalue weighted by Gasteiger charge is -2.13. The smallest absolute Gasteiger partial charge is 0.261 e. The van der Waals surface area contributed by atoms with E-state index in [1.54, 1.807) is 0 Å². The summed E-state index contributed by atoms with van der Waals surface area (Å²) in [5.41, 5.74) is 6.82. The van der Waals surface area contributed by atoms with E-state index in [4.69, 9.17) is 5.73 Å². The van der Waals surface area contributed by atoms with Gasteiger partial charge in [0.2, 0.25) is 5.91 Å². The SMILES string of the molecule is NC(CNC(=O)CCOCC(F)F)c1ccccc1. The molecule has 0 fully saturated rings. The van der Waals surface area contributed by atoms with Crippen LogP contribution < -0.4 is 11.1 Å². The van der Waals surface area contributed by atoms with Crippen LogP contribution in [0.25, 0.3) is 0 Å². The maximum atomic E-state index is 11.8. The quantitative estimate of drug-likeness (QED) is 0.704. The predicted molar refractivity (Wildman–Crippen MR) is 67.8 cm³/mol. The van der Waals surface area contributed by atoms with Crippen LogP contribution in [0.2, 0.25) is 0 Å². The van der Waals surface area contributed by atoms with Gasteiger partial charge in [-0.15, -0.1) is 0 Å². The van der Waals surface area contributed by atoms with Gasteiger partial charge in [-0.25, -0.2) is 8.78 Å². The van der Waals surface area contributed by atoms with Gasteiger partial charge in [0.05, 0.1) is 6.61 Å². The van der Waals surface area contributed by atoms with Crippen molar-refractivity contribution >= 4 is 5.91 Å². The molecule has 106 valence electrons. The molecular formula is C13H18F2N2O2. The summed E-state index contributed by atoms with van der Waals surface area (Å²) < 4.78 is 28.1. The van der Waals surface area contributed by atoms with E-state index in [2.05, 4.69) is 10.1 Å². The zero-order chi connectivity index (χ0) is 14.1. The van der Waals surface area contributed by atoms with E-state index in [0.29, 0.717) is 6.54 Å². The number of nitrogens with one attached hydrogen (secondary N) is 1. The summed E-state index contributed by atoms with van der Waals surface area (Å²) in [7, 11) is 0. The van der Waals surface area contributed by atoms with Crippen LogP contribution in [0.3, 0.4) is 0 Å². The van der Waals surface area contributed by atoms with E-state index in [0.717, 1.165) is 5.56 Å². The van der Waals surface area contributed by atoms with Crippen molar-refractivity contribution in [3.05, 3.63) is 35.9 Å². The number of carbonyl (C=O) groups is 1. The molecule has 19 heavy (non-hydrogen) atoms. The van der Waals surface area contributed by atoms with Gasteiger partial charge in [0.25, 0.3) is 6.43 Å². The summed E-state index contributed by atoms with van der Waals surface area (Å²) >= 11 is 0. The fraction of sp³-hybridized carbons (Fsp3) is 0.462. The van der Waals surface area contributed by atoms with Crippen molar-refractivity contribution in [3.63, 3.8) is 0 Å². The highest BCUT2D eigenvalue weighted by molar-refractivity contribution is 5.76. The van der Waals surface area contributed by atoms with Crippen molar-refractivity contribution in [2.45, 2.75) is 18.9 Å². The number of rotatable bonds is 8. The molecule has 3 N–H and O–H groups in total. The van der Waals surface area contributed by atoms with Crippen LogP contribution in [0.5, 0.6) is 0 Å². The minimum atomic E-state index is -2.51. The predicted octanol–water partition coefficient (Wildman–Crippen LogP) is 1.47. The largest absolute Gasteiger partial charge is 0.375 e. The second kappa shape index (κ2) is 8.55. The molecule has 0 saturated heterocycles. The second-order valence-electron chi connectivity index (χ2n) is 4.04. The Morgan fingerprint density at radius 2 is 2.00 bits per heavy atom. The molecule has 0 aliphatic rings. The maximum absolute atomic E-state index is 11.8. The standard InChI is InChI=1S/C13H18F2N2O2/c14-12(15)9-19-7-6-13(18)17-8-11(16)10-4-2-1-3-5-10/h1-5,11-12H,6-9,16H2,(H,17,18). The molecule has 0 aliphatic heterocycles. The van der Waals surface area contributed by atoms with Gasteiger partial charge in [0.15, 0.2) is 0 Å². The third kappa shape index (κ3) is 6.83. The van der Waals surface area contributed by atoms with Gasteiger partial charge >= 0.3 is 0 Å². The van der Waals surface area contributed by atoms with Gasteiger partial charge in [0, 0.05) is 19.0 Å². The Morgan fingerprint density at radius 3 is 2.63 bits per heavy atom.